The number of benzene rings is 2. The number of nitrogens with zero attached hydrogens (tertiary/aromatic N) is 2. The molecule has 0 bridgehead atoms. The number of rotatable bonds is 9. The van der Waals surface area contributed by atoms with Crippen molar-refractivity contribution in [3.8, 4) is 5.75 Å². The van der Waals surface area contributed by atoms with Crippen LogP contribution in [0.1, 0.15) is 41.3 Å². The van der Waals surface area contributed by atoms with Gasteiger partial charge in [0.2, 0.25) is 0 Å². The summed E-state index contributed by atoms with van der Waals surface area (Å²) in [4.78, 5) is 17.8. The summed E-state index contributed by atoms with van der Waals surface area (Å²) in [6.07, 6.45) is 2.18. The molecule has 6 nitrogen and oxygen atoms in total. The highest BCUT2D eigenvalue weighted by atomic mass is 16.5. The third-order valence-corrected chi connectivity index (χ3v) is 4.42. The zero-order chi connectivity index (χ0) is 21.1. The summed E-state index contributed by atoms with van der Waals surface area (Å²) in [5.41, 5.74) is 2.89. The van der Waals surface area contributed by atoms with Gasteiger partial charge in [-0.2, -0.15) is 0 Å². The van der Waals surface area contributed by atoms with Crippen molar-refractivity contribution in [3.63, 3.8) is 0 Å². The highest BCUT2D eigenvalue weighted by Crippen LogP contribution is 2.13. The first-order valence-electron chi connectivity index (χ1n) is 10.00. The zero-order valence-electron chi connectivity index (χ0n) is 17.9. The van der Waals surface area contributed by atoms with Gasteiger partial charge in [-0.3, -0.25) is 9.79 Å². The zero-order valence-corrected chi connectivity index (χ0v) is 17.9. The lowest BCUT2D eigenvalue weighted by Gasteiger charge is -2.14. The molecule has 1 amide bonds. The van der Waals surface area contributed by atoms with Crippen LogP contribution < -0.4 is 15.4 Å². The maximum absolute atomic E-state index is 12.0. The van der Waals surface area contributed by atoms with Crippen LogP contribution in [0.2, 0.25) is 0 Å². The molecule has 2 rings (SSSR count). The standard InChI is InChI=1S/C23H32N4O2/c1-5-6-14-29-21-9-7-8-19(15-21)17-26-23(24-2)25-16-18-10-12-20(13-11-18)22(28)27(3)4/h7-13,15H,5-6,14,16-17H2,1-4H3,(H2,24,25,26). The summed E-state index contributed by atoms with van der Waals surface area (Å²) in [6, 6.07) is 15.7. The fourth-order valence-corrected chi connectivity index (χ4v) is 2.70. The molecule has 156 valence electrons. The molecule has 29 heavy (non-hydrogen) atoms. The molecular formula is C23H32N4O2. The summed E-state index contributed by atoms with van der Waals surface area (Å²) in [5.74, 6) is 1.62. The lowest BCUT2D eigenvalue weighted by Crippen LogP contribution is -2.36. The number of carbonyl (C=O) groups is 1. The maximum Gasteiger partial charge on any atom is 0.253 e. The first-order chi connectivity index (χ1) is 14.0. The van der Waals surface area contributed by atoms with Gasteiger partial charge in [-0.25, -0.2) is 0 Å². The largest absolute Gasteiger partial charge is 0.494 e. The Morgan fingerprint density at radius 2 is 1.72 bits per heavy atom. The van der Waals surface area contributed by atoms with E-state index in [1.807, 2.05) is 36.4 Å². The molecule has 2 aromatic rings. The van der Waals surface area contributed by atoms with Crippen LogP contribution in [0.5, 0.6) is 5.75 Å². The van der Waals surface area contributed by atoms with Crippen molar-refractivity contribution in [1.29, 1.82) is 0 Å². The topological polar surface area (TPSA) is 66.0 Å². The summed E-state index contributed by atoms with van der Waals surface area (Å²) < 4.78 is 5.77. The van der Waals surface area contributed by atoms with Gasteiger partial charge in [0.05, 0.1) is 6.61 Å². The Balaban J connectivity index is 1.84. The first-order valence-corrected chi connectivity index (χ1v) is 10.00. The van der Waals surface area contributed by atoms with E-state index in [1.54, 1.807) is 26.0 Å². The second-order valence-corrected chi connectivity index (χ2v) is 7.03. The summed E-state index contributed by atoms with van der Waals surface area (Å²) >= 11 is 0. The van der Waals surface area contributed by atoms with Crippen molar-refractivity contribution in [3.05, 3.63) is 65.2 Å². The lowest BCUT2D eigenvalue weighted by molar-refractivity contribution is 0.0827. The van der Waals surface area contributed by atoms with E-state index in [9.17, 15) is 4.79 Å². The van der Waals surface area contributed by atoms with E-state index in [1.165, 1.54) is 0 Å². The van der Waals surface area contributed by atoms with Crippen molar-refractivity contribution in [1.82, 2.24) is 15.5 Å². The summed E-state index contributed by atoms with van der Waals surface area (Å²) in [5, 5.41) is 6.61. The molecule has 0 atom stereocenters. The quantitative estimate of drug-likeness (QED) is 0.387. The number of unbranched alkanes of at least 4 members (excludes halogenated alkanes) is 1. The molecule has 0 spiro atoms. The van der Waals surface area contributed by atoms with E-state index in [0.29, 0.717) is 18.7 Å². The van der Waals surface area contributed by atoms with Crippen LogP contribution in [-0.4, -0.2) is 44.5 Å². The molecule has 0 aliphatic rings. The molecule has 0 aliphatic heterocycles. The van der Waals surface area contributed by atoms with E-state index >= 15 is 0 Å². The Bertz CT molecular complexity index is 801. The Hall–Kier alpha value is -3.02. The average molecular weight is 397 g/mol. The highest BCUT2D eigenvalue weighted by Gasteiger charge is 2.07. The Labute approximate surface area is 174 Å². The second-order valence-electron chi connectivity index (χ2n) is 7.03. The van der Waals surface area contributed by atoms with Crippen LogP contribution in [0.15, 0.2) is 53.5 Å². The van der Waals surface area contributed by atoms with Gasteiger partial charge in [-0.05, 0) is 41.8 Å². The molecule has 0 heterocycles. The number of hydrogen-bond donors (Lipinski definition) is 2. The van der Waals surface area contributed by atoms with E-state index in [4.69, 9.17) is 4.74 Å². The third-order valence-electron chi connectivity index (χ3n) is 4.42. The van der Waals surface area contributed by atoms with Crippen molar-refractivity contribution >= 4 is 11.9 Å². The molecule has 0 unspecified atom stereocenters. The van der Waals surface area contributed by atoms with Gasteiger partial charge < -0.3 is 20.3 Å². The number of guanidine groups is 1. The van der Waals surface area contributed by atoms with Crippen molar-refractivity contribution in [2.75, 3.05) is 27.7 Å². The molecule has 2 N–H and O–H groups in total. The molecule has 0 saturated heterocycles. The first kappa shape index (κ1) is 22.3. The highest BCUT2D eigenvalue weighted by molar-refractivity contribution is 5.93. The van der Waals surface area contributed by atoms with Crippen LogP contribution in [0, 0.1) is 0 Å². The number of ether oxygens (including phenoxy) is 1. The summed E-state index contributed by atoms with van der Waals surface area (Å²) in [6.45, 7) is 4.17. The van der Waals surface area contributed by atoms with Gasteiger partial charge in [0, 0.05) is 39.8 Å². The van der Waals surface area contributed by atoms with E-state index in [0.717, 1.165) is 42.3 Å². The average Bonchev–Trinajstić information content (AvgIpc) is 2.74. The van der Waals surface area contributed by atoms with Crippen LogP contribution in [-0.2, 0) is 13.1 Å². The number of carbonyl (C=O) groups excluding carboxylic acids is 1. The number of nitrogens with one attached hydrogen (secondary N) is 2. The monoisotopic (exact) mass is 396 g/mol. The lowest BCUT2D eigenvalue weighted by atomic mass is 10.1. The molecule has 0 aromatic heterocycles. The maximum atomic E-state index is 12.0. The summed E-state index contributed by atoms with van der Waals surface area (Å²) in [7, 11) is 5.25. The van der Waals surface area contributed by atoms with E-state index in [2.05, 4.69) is 34.7 Å². The van der Waals surface area contributed by atoms with Crippen LogP contribution in [0.3, 0.4) is 0 Å². The van der Waals surface area contributed by atoms with E-state index in [-0.39, 0.29) is 5.91 Å². The normalized spacial score (nSPS) is 11.1. The predicted octanol–water partition coefficient (Wildman–Crippen LogP) is 3.43. The van der Waals surface area contributed by atoms with Gasteiger partial charge in [0.15, 0.2) is 5.96 Å². The van der Waals surface area contributed by atoms with Gasteiger partial charge in [0.25, 0.3) is 5.91 Å². The van der Waals surface area contributed by atoms with Crippen molar-refractivity contribution in [2.24, 2.45) is 4.99 Å². The number of aliphatic imine (C=N–C) groups is 1. The molecule has 0 saturated carbocycles. The minimum Gasteiger partial charge on any atom is -0.494 e. The molecule has 2 aromatic carbocycles. The minimum atomic E-state index is 0.00268. The molecular weight excluding hydrogens is 364 g/mol. The fourth-order valence-electron chi connectivity index (χ4n) is 2.70. The number of hydrogen-bond acceptors (Lipinski definition) is 3. The van der Waals surface area contributed by atoms with Gasteiger partial charge >= 0.3 is 0 Å². The Morgan fingerprint density at radius 1 is 1.03 bits per heavy atom. The smallest absolute Gasteiger partial charge is 0.253 e. The predicted molar refractivity (Wildman–Crippen MR) is 118 cm³/mol. The van der Waals surface area contributed by atoms with Crippen molar-refractivity contribution < 1.29 is 9.53 Å². The molecule has 0 radical (unpaired) electrons. The van der Waals surface area contributed by atoms with Crippen LogP contribution in [0.4, 0.5) is 0 Å². The SMILES string of the molecule is CCCCOc1cccc(CNC(=NC)NCc2ccc(C(=O)N(C)C)cc2)c1. The third kappa shape index (κ3) is 7.49. The minimum absolute atomic E-state index is 0.00268. The van der Waals surface area contributed by atoms with Gasteiger partial charge in [-0.15, -0.1) is 0 Å². The second kappa shape index (κ2) is 11.7. The van der Waals surface area contributed by atoms with Gasteiger partial charge in [0.1, 0.15) is 5.75 Å². The van der Waals surface area contributed by atoms with Gasteiger partial charge in [-0.1, -0.05) is 37.6 Å². The molecule has 0 aliphatic carbocycles. The fraction of sp³-hybridized carbons (Fsp3) is 0.391. The van der Waals surface area contributed by atoms with Crippen LogP contribution >= 0.6 is 0 Å². The number of amides is 1. The Kier molecular flexibility index (Phi) is 9.02. The van der Waals surface area contributed by atoms with E-state index < -0.39 is 0 Å². The van der Waals surface area contributed by atoms with Crippen molar-refractivity contribution in [2.45, 2.75) is 32.9 Å². The molecule has 6 heteroatoms. The van der Waals surface area contributed by atoms with Crippen LogP contribution in [0.25, 0.3) is 0 Å². The molecule has 0 fully saturated rings. The Morgan fingerprint density at radius 3 is 2.34 bits per heavy atom.